The summed E-state index contributed by atoms with van der Waals surface area (Å²) in [6.07, 6.45) is 1.08. The molecule has 2 rings (SSSR count). The largest absolute Gasteiger partial charge is 0.304 e. The van der Waals surface area contributed by atoms with Crippen molar-refractivity contribution in [2.45, 2.75) is 25.1 Å². The number of benzene rings is 2. The van der Waals surface area contributed by atoms with Crippen LogP contribution in [-0.2, 0) is 0 Å². The highest BCUT2D eigenvalue weighted by molar-refractivity contribution is 7.81. The van der Waals surface area contributed by atoms with E-state index in [0.29, 0.717) is 17.4 Å². The number of hydrogen-bond donors (Lipinski definition) is 0. The molecule has 2 aromatic carbocycles. The van der Waals surface area contributed by atoms with Gasteiger partial charge in [0.05, 0.1) is 9.85 Å². The van der Waals surface area contributed by atoms with Gasteiger partial charge in [0.1, 0.15) is 30.1 Å². The number of halogens is 3. The van der Waals surface area contributed by atoms with E-state index in [0.717, 1.165) is 0 Å². The molecule has 9 radical (unpaired) electrons. The molecule has 0 heterocycles. The summed E-state index contributed by atoms with van der Waals surface area (Å²) in [6.45, 7) is 16.1. The molecule has 243 valence electrons. The first-order valence-corrected chi connectivity index (χ1v) is 15.0. The second kappa shape index (κ2) is 35.2. The lowest BCUT2D eigenvalue weighted by atomic mass is 8.76. The second-order valence-corrected chi connectivity index (χ2v) is 10.3. The molecule has 0 fully saturated rings. The zero-order chi connectivity index (χ0) is 38.8. The van der Waals surface area contributed by atoms with Crippen molar-refractivity contribution in [2.24, 2.45) is 0 Å². The van der Waals surface area contributed by atoms with Crippen LogP contribution in [0.5, 0.6) is 0 Å². The first-order valence-electron chi connectivity index (χ1n) is 13.7. The van der Waals surface area contributed by atoms with Crippen molar-refractivity contribution in [1.82, 2.24) is 4.90 Å². The zero-order valence-corrected chi connectivity index (χ0v) is 29.3. The summed E-state index contributed by atoms with van der Waals surface area (Å²) in [7, 11) is 21.6. The minimum atomic E-state index is -0.750. The summed E-state index contributed by atoms with van der Waals surface area (Å²) in [5.74, 6) is 0. The maximum atomic E-state index is 10.3. The van der Waals surface area contributed by atoms with Gasteiger partial charge in [-0.25, -0.2) is 6.57 Å². The number of hydrogen-bond acceptors (Lipinski definition) is 9. The number of aldehydes is 1. The summed E-state index contributed by atoms with van der Waals surface area (Å²) in [6, 6.07) is 16.1. The van der Waals surface area contributed by atoms with Crippen LogP contribution in [-0.4, -0.2) is 102 Å². The fourth-order valence-corrected chi connectivity index (χ4v) is 2.46. The standard InChI is InChI=1S/C10H5N3O2.C7H5NO3.C6H15N.C3H2N2.CHCl3.B7/c11-6-9(7-12)5-8-1-3-10(4-2-8)13(14)15;9-5-6-1-3-7(4-2-6)8(10)11;1-4-7(5-2)6-3;1-5-3-2-4;2-1(3)4;1-5-7(4)6(2)3/h1-5H;1-5H;4-6H2,1-3H3;3H2;1H;. The number of nitriles is 3. The van der Waals surface area contributed by atoms with Gasteiger partial charge in [-0.3, -0.25) is 25.0 Å². The first kappa shape index (κ1) is 51.7. The van der Waals surface area contributed by atoms with Crippen molar-refractivity contribution in [3.05, 3.63) is 96.9 Å². The van der Waals surface area contributed by atoms with Crippen LogP contribution < -0.4 is 0 Å². The molecule has 0 saturated heterocycles. The van der Waals surface area contributed by atoms with E-state index >= 15 is 0 Å². The Kier molecular flexibility index (Phi) is 37.2. The van der Waals surface area contributed by atoms with Crippen LogP contribution in [0, 0.1) is 60.8 Å². The van der Waals surface area contributed by atoms with Gasteiger partial charge < -0.3 is 9.74 Å². The van der Waals surface area contributed by atoms with Crippen molar-refractivity contribution in [1.29, 1.82) is 15.8 Å². The molecule has 0 spiro atoms. The normalized spacial score (nSPS) is 8.33. The monoisotopic (exact) mass is 712 g/mol. The molecular weight excluding hydrogens is 684 g/mol. The Morgan fingerprint density at radius 1 is 0.918 bits per heavy atom. The number of carbonyl (C=O) groups excluding carboxylic acids is 1. The summed E-state index contributed by atoms with van der Waals surface area (Å²) in [4.78, 5) is 34.7. The van der Waals surface area contributed by atoms with E-state index in [1.807, 2.05) is 0 Å². The Bertz CT molecular complexity index is 1370. The van der Waals surface area contributed by atoms with Crippen molar-refractivity contribution in [2.75, 3.05) is 26.2 Å². The van der Waals surface area contributed by atoms with Crippen molar-refractivity contribution in [3.63, 3.8) is 0 Å². The minimum Gasteiger partial charge on any atom is -0.304 e. The maximum absolute atomic E-state index is 10.3. The lowest BCUT2D eigenvalue weighted by Gasteiger charge is -2.13. The van der Waals surface area contributed by atoms with E-state index < -0.39 is 20.5 Å². The van der Waals surface area contributed by atoms with Crippen LogP contribution in [0.2, 0.25) is 0 Å². The molecule has 0 aliphatic carbocycles. The van der Waals surface area contributed by atoms with Gasteiger partial charge in [0.2, 0.25) is 0 Å². The highest BCUT2D eigenvalue weighted by Crippen LogP contribution is 2.14. The summed E-state index contributed by atoms with van der Waals surface area (Å²) < 4.78 is -0.750. The third kappa shape index (κ3) is 33.6. The lowest BCUT2D eigenvalue weighted by molar-refractivity contribution is -0.385. The predicted octanol–water partition coefficient (Wildman–Crippen LogP) is 4.53. The number of rotatable bonds is 9. The van der Waals surface area contributed by atoms with Crippen LogP contribution in [0.1, 0.15) is 36.7 Å². The molecule has 0 aliphatic heterocycles. The number of nitrogens with zero attached hydrogens (tertiary/aromatic N) is 7. The second-order valence-electron chi connectivity index (χ2n) is 8.29. The van der Waals surface area contributed by atoms with Gasteiger partial charge >= 0.3 is 0 Å². The van der Waals surface area contributed by atoms with Gasteiger partial charge in [0.25, 0.3) is 17.9 Å². The van der Waals surface area contributed by atoms with Crippen LogP contribution in [0.15, 0.2) is 54.1 Å². The van der Waals surface area contributed by atoms with Gasteiger partial charge in [-0.2, -0.15) is 15.8 Å². The molecule has 0 aliphatic rings. The van der Waals surface area contributed by atoms with Crippen molar-refractivity contribution >= 4 is 109 Å². The molecule has 49 heavy (non-hydrogen) atoms. The van der Waals surface area contributed by atoms with Crippen molar-refractivity contribution in [3.8, 4) is 18.2 Å². The minimum absolute atomic E-state index is 0.00407. The Morgan fingerprint density at radius 2 is 1.29 bits per heavy atom. The smallest absolute Gasteiger partial charge is 0.298 e. The summed E-state index contributed by atoms with van der Waals surface area (Å²) in [5.41, 5.74) is 0.955. The molecular formula is C27H28B7Cl3N7O5. The van der Waals surface area contributed by atoms with E-state index in [1.165, 1.54) is 81.3 Å². The average Bonchev–Trinajstić information content (AvgIpc) is 3.09. The maximum Gasteiger partial charge on any atom is 0.298 e. The first-order chi connectivity index (χ1) is 23.1. The molecule has 0 bridgehead atoms. The van der Waals surface area contributed by atoms with E-state index in [4.69, 9.17) is 88.1 Å². The van der Waals surface area contributed by atoms with E-state index in [1.54, 1.807) is 18.2 Å². The number of allylic oxidation sites excluding steroid dienone is 1. The number of nitro benzene ring substituents is 2. The quantitative estimate of drug-likeness (QED) is 0.0527. The molecule has 0 aromatic heterocycles. The third-order valence-corrected chi connectivity index (χ3v) is 5.05. The van der Waals surface area contributed by atoms with Gasteiger partial charge in [-0.15, -0.1) is 0 Å². The van der Waals surface area contributed by atoms with Crippen molar-refractivity contribution < 1.29 is 14.6 Å². The Balaban J connectivity index is -0.000000264. The zero-order valence-electron chi connectivity index (χ0n) is 27.0. The molecule has 0 saturated carbocycles. The number of nitro groups is 2. The molecule has 0 amide bonds. The van der Waals surface area contributed by atoms with Crippen LogP contribution in [0.25, 0.3) is 10.9 Å². The van der Waals surface area contributed by atoms with Gasteiger partial charge in [-0.1, -0.05) is 55.6 Å². The molecule has 0 atom stereocenters. The van der Waals surface area contributed by atoms with E-state index in [2.05, 4.69) is 30.5 Å². The summed E-state index contributed by atoms with van der Waals surface area (Å²) in [5, 5.41) is 45.0. The molecule has 22 heteroatoms. The fourth-order valence-electron chi connectivity index (χ4n) is 2.46. The topological polar surface area (TPSA) is 182 Å². The molecule has 0 N–H and O–H groups in total. The van der Waals surface area contributed by atoms with E-state index in [-0.39, 0.29) is 29.9 Å². The van der Waals surface area contributed by atoms with Crippen LogP contribution >= 0.6 is 34.8 Å². The Labute approximate surface area is 309 Å². The highest BCUT2D eigenvalue weighted by atomic mass is 35.6. The Morgan fingerprint density at radius 3 is 1.45 bits per heavy atom. The third-order valence-electron chi connectivity index (χ3n) is 5.05. The average molecular weight is 713 g/mol. The van der Waals surface area contributed by atoms with Gasteiger partial charge in [0.15, 0.2) is 4.30 Å². The molecule has 12 nitrogen and oxygen atoms in total. The number of carbonyl (C=O) groups is 1. The van der Waals surface area contributed by atoms with Crippen LogP contribution in [0.4, 0.5) is 11.4 Å². The lowest BCUT2D eigenvalue weighted by Crippen LogP contribution is -2.43. The number of alkyl halides is 3. The molecule has 2 aromatic rings. The van der Waals surface area contributed by atoms with Gasteiger partial charge in [0, 0.05) is 80.6 Å². The SMILES string of the molecule is CCN(CC)CC.ClC(Cl)Cl.N#CC(C#N)=Cc1ccc([N+](=O)[O-])cc1.O=Cc1ccc([N+](=O)[O-])cc1.[B][B]B([B])B([B])[B].[C-]#[N+]CC#N. The highest BCUT2D eigenvalue weighted by Gasteiger charge is 2.06. The fraction of sp³-hybridized carbons (Fsp3) is 0.296. The molecule has 0 unspecified atom stereocenters. The number of non-ortho nitro benzene ring substituents is 2. The van der Waals surface area contributed by atoms with Crippen LogP contribution in [0.3, 0.4) is 0 Å². The summed E-state index contributed by atoms with van der Waals surface area (Å²) >= 11 is 14.4. The Hall–Kier alpha value is -4.11. The van der Waals surface area contributed by atoms with Gasteiger partial charge in [-0.05, 0) is 55.5 Å². The predicted molar refractivity (Wildman–Crippen MR) is 203 cm³/mol. The van der Waals surface area contributed by atoms with E-state index in [9.17, 15) is 25.0 Å².